The van der Waals surface area contributed by atoms with Gasteiger partial charge in [0.1, 0.15) is 5.75 Å². The molecule has 0 radical (unpaired) electrons. The van der Waals surface area contributed by atoms with Crippen molar-refractivity contribution in [2.75, 3.05) is 39.8 Å². The highest BCUT2D eigenvalue weighted by Gasteiger charge is 2.15. The molecule has 1 aromatic rings. The van der Waals surface area contributed by atoms with Gasteiger partial charge in [-0.25, -0.2) is 0 Å². The van der Waals surface area contributed by atoms with Crippen molar-refractivity contribution in [3.05, 3.63) is 29.8 Å². The third-order valence-electron chi connectivity index (χ3n) is 3.37. The van der Waals surface area contributed by atoms with Gasteiger partial charge in [-0.1, -0.05) is 0 Å². The van der Waals surface area contributed by atoms with Crippen LogP contribution in [-0.2, 0) is 0 Å². The number of carbonyl (C=O) groups excluding carboxylic acids is 1. The van der Waals surface area contributed by atoms with E-state index < -0.39 is 0 Å². The SMILES string of the molecule is CN1CCCN(CC(=O)c2ccc(O)cc2)CC1. The van der Waals surface area contributed by atoms with Gasteiger partial charge in [0.05, 0.1) is 6.54 Å². The molecule has 0 aromatic heterocycles. The molecule has 0 atom stereocenters. The molecular weight excluding hydrogens is 228 g/mol. The summed E-state index contributed by atoms with van der Waals surface area (Å²) in [5.41, 5.74) is 0.672. The molecule has 0 unspecified atom stereocenters. The second kappa shape index (κ2) is 5.98. The Morgan fingerprint density at radius 1 is 1.17 bits per heavy atom. The quantitative estimate of drug-likeness (QED) is 0.817. The summed E-state index contributed by atoms with van der Waals surface area (Å²) in [6.45, 7) is 4.51. The number of hydrogen-bond acceptors (Lipinski definition) is 4. The number of ketones is 1. The van der Waals surface area contributed by atoms with Crippen LogP contribution in [0, 0.1) is 0 Å². The fourth-order valence-electron chi connectivity index (χ4n) is 2.20. The number of carbonyl (C=O) groups is 1. The van der Waals surface area contributed by atoms with E-state index in [1.54, 1.807) is 24.3 Å². The molecule has 4 nitrogen and oxygen atoms in total. The average Bonchev–Trinajstić information content (AvgIpc) is 2.55. The molecule has 2 rings (SSSR count). The highest BCUT2D eigenvalue weighted by atomic mass is 16.3. The zero-order valence-electron chi connectivity index (χ0n) is 10.8. The molecule has 0 aliphatic carbocycles. The van der Waals surface area contributed by atoms with E-state index in [0.717, 1.165) is 32.6 Å². The topological polar surface area (TPSA) is 43.8 Å². The van der Waals surface area contributed by atoms with Crippen LogP contribution < -0.4 is 0 Å². The van der Waals surface area contributed by atoms with Gasteiger partial charge >= 0.3 is 0 Å². The van der Waals surface area contributed by atoms with Crippen LogP contribution in [0.15, 0.2) is 24.3 Å². The van der Waals surface area contributed by atoms with Crippen molar-refractivity contribution in [1.82, 2.24) is 9.80 Å². The minimum absolute atomic E-state index is 0.125. The van der Waals surface area contributed by atoms with Crippen molar-refractivity contribution in [1.29, 1.82) is 0 Å². The van der Waals surface area contributed by atoms with E-state index in [0.29, 0.717) is 12.1 Å². The number of Topliss-reactive ketones (excluding diaryl/α,β-unsaturated/α-hetero) is 1. The maximum absolute atomic E-state index is 12.1. The maximum Gasteiger partial charge on any atom is 0.176 e. The lowest BCUT2D eigenvalue weighted by Gasteiger charge is -2.19. The Hall–Kier alpha value is -1.39. The van der Waals surface area contributed by atoms with Gasteiger partial charge in [-0.05, 0) is 50.8 Å². The van der Waals surface area contributed by atoms with Crippen molar-refractivity contribution in [3.63, 3.8) is 0 Å². The third kappa shape index (κ3) is 3.55. The Morgan fingerprint density at radius 2 is 1.89 bits per heavy atom. The molecule has 0 spiro atoms. The Bertz CT molecular complexity index is 403. The Kier molecular flexibility index (Phi) is 4.33. The molecule has 18 heavy (non-hydrogen) atoms. The lowest BCUT2D eigenvalue weighted by molar-refractivity contribution is 0.0933. The van der Waals surface area contributed by atoms with Crippen LogP contribution in [-0.4, -0.2) is 60.5 Å². The van der Waals surface area contributed by atoms with E-state index in [-0.39, 0.29) is 11.5 Å². The predicted octanol–water partition coefficient (Wildman–Crippen LogP) is 1.21. The lowest BCUT2D eigenvalue weighted by Crippen LogP contribution is -2.33. The summed E-state index contributed by atoms with van der Waals surface area (Å²) in [6, 6.07) is 6.48. The van der Waals surface area contributed by atoms with Gasteiger partial charge in [-0.3, -0.25) is 9.69 Å². The van der Waals surface area contributed by atoms with Crippen LogP contribution in [0.3, 0.4) is 0 Å². The maximum atomic E-state index is 12.1. The average molecular weight is 248 g/mol. The van der Waals surface area contributed by atoms with Crippen molar-refractivity contribution in [2.24, 2.45) is 0 Å². The van der Waals surface area contributed by atoms with Crippen LogP contribution in [0.5, 0.6) is 5.75 Å². The van der Waals surface area contributed by atoms with Crippen molar-refractivity contribution in [3.8, 4) is 5.75 Å². The van der Waals surface area contributed by atoms with Gasteiger partial charge in [0.15, 0.2) is 5.78 Å². The molecule has 0 bridgehead atoms. The van der Waals surface area contributed by atoms with Crippen LogP contribution >= 0.6 is 0 Å². The summed E-state index contributed by atoms with van der Waals surface area (Å²) >= 11 is 0. The van der Waals surface area contributed by atoms with E-state index >= 15 is 0 Å². The van der Waals surface area contributed by atoms with Gasteiger partial charge in [0.25, 0.3) is 0 Å². The lowest BCUT2D eigenvalue weighted by atomic mass is 10.1. The summed E-state index contributed by atoms with van der Waals surface area (Å²) in [7, 11) is 2.12. The highest BCUT2D eigenvalue weighted by Crippen LogP contribution is 2.11. The molecule has 1 saturated heterocycles. The molecule has 4 heteroatoms. The first-order valence-corrected chi connectivity index (χ1v) is 6.38. The first kappa shape index (κ1) is 13.1. The molecule has 1 aliphatic heterocycles. The van der Waals surface area contributed by atoms with E-state index in [1.807, 2.05) is 0 Å². The van der Waals surface area contributed by atoms with E-state index in [2.05, 4.69) is 16.8 Å². The number of likely N-dealkylation sites (N-methyl/N-ethyl adjacent to an activating group) is 1. The van der Waals surface area contributed by atoms with Crippen molar-refractivity contribution < 1.29 is 9.90 Å². The molecule has 1 heterocycles. The van der Waals surface area contributed by atoms with Gasteiger partial charge in [0.2, 0.25) is 0 Å². The summed E-state index contributed by atoms with van der Waals surface area (Å²) in [5.74, 6) is 0.322. The van der Waals surface area contributed by atoms with E-state index in [9.17, 15) is 9.90 Å². The smallest absolute Gasteiger partial charge is 0.176 e. The molecule has 1 aromatic carbocycles. The second-order valence-corrected chi connectivity index (χ2v) is 4.90. The normalized spacial score (nSPS) is 18.5. The predicted molar refractivity (Wildman–Crippen MR) is 71.0 cm³/mol. The van der Waals surface area contributed by atoms with Gasteiger partial charge in [-0.15, -0.1) is 0 Å². The van der Waals surface area contributed by atoms with Crippen LogP contribution in [0.4, 0.5) is 0 Å². The highest BCUT2D eigenvalue weighted by molar-refractivity contribution is 5.97. The molecule has 1 N–H and O–H groups in total. The number of benzene rings is 1. The van der Waals surface area contributed by atoms with E-state index in [4.69, 9.17) is 0 Å². The standard InChI is InChI=1S/C14H20N2O2/c1-15-7-2-8-16(10-9-15)11-14(18)12-3-5-13(17)6-4-12/h3-6,17H,2,7-11H2,1H3. The second-order valence-electron chi connectivity index (χ2n) is 4.90. The number of phenolic OH excluding ortho intramolecular Hbond substituents is 1. The molecule has 0 amide bonds. The minimum atomic E-state index is 0.125. The largest absolute Gasteiger partial charge is 0.508 e. The monoisotopic (exact) mass is 248 g/mol. The Morgan fingerprint density at radius 3 is 2.61 bits per heavy atom. The van der Waals surface area contributed by atoms with Gasteiger partial charge < -0.3 is 10.0 Å². The molecule has 0 saturated carbocycles. The third-order valence-corrected chi connectivity index (χ3v) is 3.37. The van der Waals surface area contributed by atoms with Crippen LogP contribution in [0.2, 0.25) is 0 Å². The Labute approximate surface area is 108 Å². The number of hydrogen-bond donors (Lipinski definition) is 1. The molecule has 1 fully saturated rings. The van der Waals surface area contributed by atoms with Crippen LogP contribution in [0.1, 0.15) is 16.8 Å². The zero-order valence-corrected chi connectivity index (χ0v) is 10.8. The minimum Gasteiger partial charge on any atom is -0.508 e. The number of phenols is 1. The fraction of sp³-hybridized carbons (Fsp3) is 0.500. The molecule has 1 aliphatic rings. The summed E-state index contributed by atoms with van der Waals surface area (Å²) in [4.78, 5) is 16.6. The van der Waals surface area contributed by atoms with Crippen molar-refractivity contribution >= 4 is 5.78 Å². The summed E-state index contributed by atoms with van der Waals surface area (Å²) in [5, 5.41) is 9.20. The molecular formula is C14H20N2O2. The van der Waals surface area contributed by atoms with E-state index in [1.165, 1.54) is 0 Å². The number of rotatable bonds is 3. The summed E-state index contributed by atoms with van der Waals surface area (Å²) < 4.78 is 0. The zero-order chi connectivity index (χ0) is 13.0. The Balaban J connectivity index is 1.92. The van der Waals surface area contributed by atoms with Gasteiger partial charge in [0, 0.05) is 18.7 Å². The molecule has 98 valence electrons. The first-order valence-electron chi connectivity index (χ1n) is 6.38. The van der Waals surface area contributed by atoms with Crippen molar-refractivity contribution in [2.45, 2.75) is 6.42 Å². The number of nitrogens with zero attached hydrogens (tertiary/aromatic N) is 2. The fourth-order valence-corrected chi connectivity index (χ4v) is 2.20. The number of aromatic hydroxyl groups is 1. The van der Waals surface area contributed by atoms with Crippen LogP contribution in [0.25, 0.3) is 0 Å². The van der Waals surface area contributed by atoms with Gasteiger partial charge in [-0.2, -0.15) is 0 Å². The summed E-state index contributed by atoms with van der Waals surface area (Å²) in [6.07, 6.45) is 1.11. The first-order chi connectivity index (χ1) is 8.65.